The van der Waals surface area contributed by atoms with Gasteiger partial charge in [-0.3, -0.25) is 4.79 Å². The highest BCUT2D eigenvalue weighted by molar-refractivity contribution is 8.01. The van der Waals surface area contributed by atoms with Gasteiger partial charge in [0.05, 0.1) is 5.75 Å². The molecule has 0 aliphatic carbocycles. The van der Waals surface area contributed by atoms with Crippen molar-refractivity contribution in [1.29, 1.82) is 0 Å². The second kappa shape index (κ2) is 5.29. The van der Waals surface area contributed by atoms with Crippen molar-refractivity contribution in [3.8, 4) is 0 Å². The fraction of sp³-hybridized carbons (Fsp3) is 0.429. The van der Waals surface area contributed by atoms with Crippen LogP contribution in [0, 0.1) is 0 Å². The molecule has 0 radical (unpaired) electrons. The van der Waals surface area contributed by atoms with Crippen molar-refractivity contribution in [2.75, 3.05) is 19.5 Å². The van der Waals surface area contributed by atoms with Crippen LogP contribution in [0.15, 0.2) is 15.9 Å². The lowest BCUT2D eigenvalue weighted by molar-refractivity contribution is -0.120. The van der Waals surface area contributed by atoms with Gasteiger partial charge in [0.25, 0.3) is 0 Å². The van der Waals surface area contributed by atoms with E-state index in [-0.39, 0.29) is 12.4 Å². The molecule has 0 saturated carbocycles. The molecule has 1 aromatic heterocycles. The van der Waals surface area contributed by atoms with Gasteiger partial charge in [-0.25, -0.2) is 4.98 Å². The lowest BCUT2D eigenvalue weighted by Crippen LogP contribution is -2.08. The number of carbonyl (C=O) groups is 1. The van der Waals surface area contributed by atoms with E-state index in [2.05, 4.69) is 4.98 Å². The number of thioether (sulfide) groups is 1. The first-order valence-corrected chi connectivity index (χ1v) is 5.22. The third-order valence-corrected chi connectivity index (χ3v) is 3.10. The molecule has 0 fully saturated rings. The summed E-state index contributed by atoms with van der Waals surface area (Å²) < 4.78 is 5.62. The van der Waals surface area contributed by atoms with Crippen molar-refractivity contribution in [2.45, 2.75) is 4.34 Å². The van der Waals surface area contributed by atoms with Crippen molar-refractivity contribution in [2.24, 2.45) is 0 Å². The van der Waals surface area contributed by atoms with Crippen molar-refractivity contribution in [3.63, 3.8) is 0 Å². The van der Waals surface area contributed by atoms with E-state index in [9.17, 15) is 4.79 Å². The zero-order valence-electron chi connectivity index (χ0n) is 6.65. The molecule has 5 heteroatoms. The Bertz CT molecular complexity index is 236. The van der Waals surface area contributed by atoms with E-state index in [0.717, 1.165) is 4.34 Å². The summed E-state index contributed by atoms with van der Waals surface area (Å²) in [5.41, 5.74) is 0. The molecule has 0 bridgehead atoms. The van der Waals surface area contributed by atoms with Gasteiger partial charge in [0.2, 0.25) is 0 Å². The van der Waals surface area contributed by atoms with Crippen molar-refractivity contribution < 1.29 is 9.53 Å². The fourth-order valence-corrected chi connectivity index (χ4v) is 2.11. The molecule has 0 aliphatic rings. The minimum absolute atomic E-state index is 0.0951. The SMILES string of the molecule is COCC(=O)CSc1nccs1. The Morgan fingerprint density at radius 1 is 1.83 bits per heavy atom. The third kappa shape index (κ3) is 3.34. The van der Waals surface area contributed by atoms with Crippen LogP contribution in [0.2, 0.25) is 0 Å². The minimum Gasteiger partial charge on any atom is -0.377 e. The van der Waals surface area contributed by atoms with Crippen LogP contribution in [0.5, 0.6) is 0 Å². The molecule has 12 heavy (non-hydrogen) atoms. The first-order valence-electron chi connectivity index (χ1n) is 3.36. The second-order valence-electron chi connectivity index (χ2n) is 2.06. The van der Waals surface area contributed by atoms with Gasteiger partial charge >= 0.3 is 0 Å². The van der Waals surface area contributed by atoms with Gasteiger partial charge in [0, 0.05) is 18.7 Å². The Morgan fingerprint density at radius 3 is 3.25 bits per heavy atom. The highest BCUT2D eigenvalue weighted by atomic mass is 32.2. The van der Waals surface area contributed by atoms with E-state index in [1.54, 1.807) is 17.5 Å². The number of Topliss-reactive ketones (excluding diaryl/α,β-unsaturated/α-hetero) is 1. The maximum atomic E-state index is 11.0. The largest absolute Gasteiger partial charge is 0.377 e. The number of hydrogen-bond donors (Lipinski definition) is 0. The predicted octanol–water partition coefficient (Wildman–Crippen LogP) is 1.45. The summed E-state index contributed by atoms with van der Waals surface area (Å²) in [6, 6.07) is 0. The quantitative estimate of drug-likeness (QED) is 0.679. The molecule has 3 nitrogen and oxygen atoms in total. The molecular weight excluding hydrogens is 194 g/mol. The van der Waals surface area contributed by atoms with Gasteiger partial charge in [-0.1, -0.05) is 11.8 Å². The number of aromatic nitrogens is 1. The summed E-state index contributed by atoms with van der Waals surface area (Å²) in [6.07, 6.45) is 1.73. The summed E-state index contributed by atoms with van der Waals surface area (Å²) in [5, 5.41) is 1.89. The topological polar surface area (TPSA) is 39.2 Å². The van der Waals surface area contributed by atoms with E-state index in [1.807, 2.05) is 5.38 Å². The number of ketones is 1. The van der Waals surface area contributed by atoms with Crippen LogP contribution >= 0.6 is 23.1 Å². The Morgan fingerprint density at radius 2 is 2.67 bits per heavy atom. The maximum Gasteiger partial charge on any atom is 0.168 e. The lowest BCUT2D eigenvalue weighted by atomic mass is 10.5. The number of rotatable bonds is 5. The van der Waals surface area contributed by atoms with E-state index in [1.165, 1.54) is 18.9 Å². The molecule has 1 heterocycles. The van der Waals surface area contributed by atoms with Gasteiger partial charge in [0.1, 0.15) is 10.9 Å². The van der Waals surface area contributed by atoms with Crippen LogP contribution in [0.4, 0.5) is 0 Å². The standard InChI is InChI=1S/C7H9NO2S2/c1-10-4-6(9)5-12-7-8-2-3-11-7/h2-3H,4-5H2,1H3. The monoisotopic (exact) mass is 203 g/mol. The zero-order chi connectivity index (χ0) is 8.81. The van der Waals surface area contributed by atoms with E-state index in [4.69, 9.17) is 4.74 Å². The van der Waals surface area contributed by atoms with Crippen molar-refractivity contribution in [3.05, 3.63) is 11.6 Å². The molecule has 0 aliphatic heterocycles. The Kier molecular flexibility index (Phi) is 4.27. The average Bonchev–Trinajstić information content (AvgIpc) is 2.53. The number of nitrogens with zero attached hydrogens (tertiary/aromatic N) is 1. The molecule has 0 unspecified atom stereocenters. The van der Waals surface area contributed by atoms with Crippen LogP contribution in [0.25, 0.3) is 0 Å². The summed E-state index contributed by atoms with van der Waals surface area (Å²) in [4.78, 5) is 15.0. The van der Waals surface area contributed by atoms with E-state index >= 15 is 0 Å². The maximum absolute atomic E-state index is 11.0. The molecule has 1 aromatic rings. The van der Waals surface area contributed by atoms with Gasteiger partial charge in [-0.2, -0.15) is 0 Å². The molecule has 0 atom stereocenters. The summed E-state index contributed by atoms with van der Waals surface area (Å²) >= 11 is 2.99. The number of carbonyl (C=O) groups excluding carboxylic acids is 1. The number of methoxy groups -OCH3 is 1. The number of thiazole rings is 1. The molecule has 0 saturated heterocycles. The normalized spacial score (nSPS) is 10.1. The molecular formula is C7H9NO2S2. The fourth-order valence-electron chi connectivity index (χ4n) is 0.627. The smallest absolute Gasteiger partial charge is 0.168 e. The Labute approximate surface area is 79.1 Å². The van der Waals surface area contributed by atoms with Gasteiger partial charge in [-0.15, -0.1) is 11.3 Å². The third-order valence-electron chi connectivity index (χ3n) is 1.07. The molecule has 0 spiro atoms. The van der Waals surface area contributed by atoms with Crippen LogP contribution < -0.4 is 0 Å². The number of hydrogen-bond acceptors (Lipinski definition) is 5. The van der Waals surface area contributed by atoms with Crippen molar-refractivity contribution >= 4 is 28.9 Å². The van der Waals surface area contributed by atoms with Crippen LogP contribution in [-0.4, -0.2) is 30.2 Å². The molecule has 1 rings (SSSR count). The Hall–Kier alpha value is -0.390. The lowest BCUT2D eigenvalue weighted by Gasteiger charge is -1.95. The summed E-state index contributed by atoms with van der Waals surface area (Å²) in [7, 11) is 1.52. The van der Waals surface area contributed by atoms with Gasteiger partial charge < -0.3 is 4.74 Å². The summed E-state index contributed by atoms with van der Waals surface area (Å²) in [5.74, 6) is 0.541. The predicted molar refractivity (Wildman–Crippen MR) is 49.7 cm³/mol. The first-order chi connectivity index (χ1) is 5.83. The second-order valence-corrected chi connectivity index (χ2v) is 4.18. The molecule has 0 aromatic carbocycles. The Balaban J connectivity index is 2.22. The molecule has 0 amide bonds. The first kappa shape index (κ1) is 9.70. The van der Waals surface area contributed by atoms with Crippen LogP contribution in [0.1, 0.15) is 0 Å². The van der Waals surface area contributed by atoms with Crippen molar-refractivity contribution in [1.82, 2.24) is 4.98 Å². The van der Waals surface area contributed by atoms with Gasteiger partial charge in [-0.05, 0) is 0 Å². The zero-order valence-corrected chi connectivity index (χ0v) is 8.28. The van der Waals surface area contributed by atoms with E-state index < -0.39 is 0 Å². The molecule has 66 valence electrons. The average molecular weight is 203 g/mol. The van der Waals surface area contributed by atoms with Crippen LogP contribution in [-0.2, 0) is 9.53 Å². The molecule has 0 N–H and O–H groups in total. The highest BCUT2D eigenvalue weighted by Crippen LogP contribution is 2.19. The summed E-state index contributed by atoms with van der Waals surface area (Å²) in [6.45, 7) is 0.193. The highest BCUT2D eigenvalue weighted by Gasteiger charge is 2.03. The van der Waals surface area contributed by atoms with Gasteiger partial charge in [0.15, 0.2) is 5.78 Å². The number of ether oxygens (including phenoxy) is 1. The minimum atomic E-state index is 0.0951. The van der Waals surface area contributed by atoms with Crippen LogP contribution in [0.3, 0.4) is 0 Å². The van der Waals surface area contributed by atoms with E-state index in [0.29, 0.717) is 5.75 Å².